The number of thioether (sulfide) groups is 1. The molecule has 0 aliphatic rings. The van der Waals surface area contributed by atoms with Crippen molar-refractivity contribution in [1.82, 2.24) is 9.97 Å². The molecule has 0 unspecified atom stereocenters. The van der Waals surface area contributed by atoms with Crippen LogP contribution in [0.25, 0.3) is 0 Å². The fourth-order valence-corrected chi connectivity index (χ4v) is 1.17. The Morgan fingerprint density at radius 2 is 2.00 bits per heavy atom. The molecule has 0 spiro atoms. The average Bonchev–Trinajstić information content (AvgIpc) is 1.95. The first-order valence-electron chi connectivity index (χ1n) is 2.49. The van der Waals surface area contributed by atoms with Crippen molar-refractivity contribution < 1.29 is 0 Å². The molecule has 0 radical (unpaired) electrons. The van der Waals surface area contributed by atoms with Gasteiger partial charge in [-0.15, -0.1) is 11.6 Å². The van der Waals surface area contributed by atoms with Crippen LogP contribution in [0.1, 0.15) is 0 Å². The zero-order valence-corrected chi connectivity index (χ0v) is 7.25. The largest absolute Gasteiger partial charge is 0.230 e. The van der Waals surface area contributed by atoms with E-state index in [1.54, 1.807) is 12.4 Å². The van der Waals surface area contributed by atoms with Gasteiger partial charge in [-0.1, -0.05) is 23.4 Å². The molecule has 0 bridgehead atoms. The van der Waals surface area contributed by atoms with Crippen molar-refractivity contribution in [3.05, 3.63) is 17.4 Å². The van der Waals surface area contributed by atoms with Gasteiger partial charge in [0.2, 0.25) is 0 Å². The number of hydrogen-bond donors (Lipinski definition) is 0. The van der Waals surface area contributed by atoms with Crippen LogP contribution in [0.3, 0.4) is 0 Å². The molecule has 10 heavy (non-hydrogen) atoms. The first-order chi connectivity index (χ1) is 4.83. The van der Waals surface area contributed by atoms with E-state index < -0.39 is 0 Å². The van der Waals surface area contributed by atoms with Crippen LogP contribution < -0.4 is 0 Å². The lowest BCUT2D eigenvalue weighted by molar-refractivity contribution is 0.970. The third kappa shape index (κ3) is 2.33. The number of nitrogens with zero attached hydrogens (tertiary/aromatic N) is 2. The van der Waals surface area contributed by atoms with Gasteiger partial charge in [-0.3, -0.25) is 0 Å². The van der Waals surface area contributed by atoms with Gasteiger partial charge in [-0.2, -0.15) is 0 Å². The maximum absolute atomic E-state index is 5.54. The van der Waals surface area contributed by atoms with Crippen LogP contribution in [-0.2, 0) is 0 Å². The molecular formula is C5H4Cl2N2S. The zero-order valence-electron chi connectivity index (χ0n) is 4.92. The van der Waals surface area contributed by atoms with Crippen molar-refractivity contribution in [1.29, 1.82) is 0 Å². The number of halogens is 2. The SMILES string of the molecule is ClCSc1ncc(Cl)cn1. The molecule has 2 nitrogen and oxygen atoms in total. The first kappa shape index (κ1) is 8.11. The molecule has 0 aliphatic carbocycles. The summed E-state index contributed by atoms with van der Waals surface area (Å²) in [6, 6.07) is 0. The molecule has 0 aromatic carbocycles. The summed E-state index contributed by atoms with van der Waals surface area (Å²) in [4.78, 5) is 7.81. The topological polar surface area (TPSA) is 25.8 Å². The van der Waals surface area contributed by atoms with E-state index in [0.29, 0.717) is 15.4 Å². The van der Waals surface area contributed by atoms with E-state index >= 15 is 0 Å². The highest BCUT2D eigenvalue weighted by atomic mass is 35.5. The summed E-state index contributed by atoms with van der Waals surface area (Å²) in [5.74, 6) is 0. The number of alkyl halides is 1. The molecule has 1 rings (SSSR count). The summed E-state index contributed by atoms with van der Waals surface area (Å²) in [6.45, 7) is 0. The van der Waals surface area contributed by atoms with E-state index in [9.17, 15) is 0 Å². The van der Waals surface area contributed by atoms with Gasteiger partial charge in [0.05, 0.1) is 22.6 Å². The van der Waals surface area contributed by atoms with Crippen molar-refractivity contribution in [3.63, 3.8) is 0 Å². The smallest absolute Gasteiger partial charge is 0.188 e. The Labute approximate surface area is 73.0 Å². The van der Waals surface area contributed by atoms with Gasteiger partial charge < -0.3 is 0 Å². The fourth-order valence-electron chi connectivity index (χ4n) is 0.424. The molecule has 0 saturated carbocycles. The van der Waals surface area contributed by atoms with Crippen molar-refractivity contribution in [2.24, 2.45) is 0 Å². The molecule has 54 valence electrons. The maximum atomic E-state index is 5.54. The molecule has 1 aromatic rings. The Balaban J connectivity index is 2.69. The molecule has 0 aliphatic heterocycles. The third-order valence-electron chi connectivity index (χ3n) is 0.780. The second kappa shape index (κ2) is 4.01. The predicted molar refractivity (Wildman–Crippen MR) is 43.6 cm³/mol. The summed E-state index contributed by atoms with van der Waals surface area (Å²) < 4.78 is 0. The van der Waals surface area contributed by atoms with Crippen LogP contribution in [0, 0.1) is 0 Å². The van der Waals surface area contributed by atoms with Crippen LogP contribution in [-0.4, -0.2) is 15.2 Å². The molecule has 1 aromatic heterocycles. The van der Waals surface area contributed by atoms with Crippen LogP contribution in [0.5, 0.6) is 0 Å². The fraction of sp³-hybridized carbons (Fsp3) is 0.200. The van der Waals surface area contributed by atoms with Gasteiger partial charge in [-0.05, 0) is 0 Å². The summed E-state index contributed by atoms with van der Waals surface area (Å²) in [6.07, 6.45) is 3.09. The van der Waals surface area contributed by atoms with Crippen molar-refractivity contribution in [2.75, 3.05) is 5.21 Å². The highest BCUT2D eigenvalue weighted by Gasteiger charge is 1.93. The molecule has 5 heteroatoms. The minimum atomic E-state index is 0.460. The normalized spacial score (nSPS) is 9.80. The van der Waals surface area contributed by atoms with Gasteiger partial charge in [0.25, 0.3) is 0 Å². The lowest BCUT2D eigenvalue weighted by Crippen LogP contribution is -1.83. The average molecular weight is 195 g/mol. The summed E-state index contributed by atoms with van der Waals surface area (Å²) >= 11 is 12.3. The summed E-state index contributed by atoms with van der Waals surface area (Å²) in [7, 11) is 0. The van der Waals surface area contributed by atoms with E-state index in [1.807, 2.05) is 0 Å². The van der Waals surface area contributed by atoms with E-state index in [4.69, 9.17) is 23.2 Å². The minimum absolute atomic E-state index is 0.460. The van der Waals surface area contributed by atoms with Gasteiger partial charge in [0.15, 0.2) is 5.16 Å². The van der Waals surface area contributed by atoms with Crippen LogP contribution in [0.4, 0.5) is 0 Å². The van der Waals surface area contributed by atoms with Crippen LogP contribution >= 0.6 is 35.0 Å². The molecule has 0 amide bonds. The zero-order chi connectivity index (χ0) is 7.40. The van der Waals surface area contributed by atoms with Crippen LogP contribution in [0.2, 0.25) is 5.02 Å². The van der Waals surface area contributed by atoms with E-state index in [-0.39, 0.29) is 0 Å². The van der Waals surface area contributed by atoms with Gasteiger partial charge in [0.1, 0.15) is 0 Å². The second-order valence-electron chi connectivity index (χ2n) is 1.44. The van der Waals surface area contributed by atoms with Gasteiger partial charge >= 0.3 is 0 Å². The first-order valence-corrected chi connectivity index (χ1v) is 4.39. The Morgan fingerprint density at radius 3 is 2.50 bits per heavy atom. The van der Waals surface area contributed by atoms with Crippen molar-refractivity contribution in [2.45, 2.75) is 5.16 Å². The standard InChI is InChI=1S/C5H4Cl2N2S/c6-3-10-5-8-1-4(7)2-9-5/h1-2H,3H2. The van der Waals surface area contributed by atoms with Crippen LogP contribution in [0.15, 0.2) is 17.6 Å². The molecule has 0 atom stereocenters. The molecular weight excluding hydrogens is 191 g/mol. The molecule has 1 heterocycles. The van der Waals surface area contributed by atoms with Crippen molar-refractivity contribution >= 4 is 35.0 Å². The lowest BCUT2D eigenvalue weighted by Gasteiger charge is -1.92. The minimum Gasteiger partial charge on any atom is -0.230 e. The highest BCUT2D eigenvalue weighted by molar-refractivity contribution is 8.00. The number of aromatic nitrogens is 2. The maximum Gasteiger partial charge on any atom is 0.188 e. The lowest BCUT2D eigenvalue weighted by atomic mass is 10.7. The Morgan fingerprint density at radius 1 is 1.40 bits per heavy atom. The van der Waals surface area contributed by atoms with Gasteiger partial charge in [0, 0.05) is 0 Å². The molecule has 0 fully saturated rings. The second-order valence-corrected chi connectivity index (χ2v) is 3.40. The molecule has 0 saturated heterocycles. The number of hydrogen-bond acceptors (Lipinski definition) is 3. The predicted octanol–water partition coefficient (Wildman–Crippen LogP) is 2.42. The quantitative estimate of drug-likeness (QED) is 0.411. The van der Waals surface area contributed by atoms with E-state index in [2.05, 4.69) is 9.97 Å². The monoisotopic (exact) mass is 194 g/mol. The summed E-state index contributed by atoms with van der Waals surface area (Å²) in [5, 5.41) is 1.65. The molecule has 0 N–H and O–H groups in total. The highest BCUT2D eigenvalue weighted by Crippen LogP contribution is 2.14. The van der Waals surface area contributed by atoms with Crippen molar-refractivity contribution in [3.8, 4) is 0 Å². The van der Waals surface area contributed by atoms with E-state index in [0.717, 1.165) is 0 Å². The van der Waals surface area contributed by atoms with E-state index in [1.165, 1.54) is 11.8 Å². The third-order valence-corrected chi connectivity index (χ3v) is 1.88. The Hall–Kier alpha value is 0.01000. The number of rotatable bonds is 2. The summed E-state index contributed by atoms with van der Waals surface area (Å²) in [5.41, 5.74) is 0. The Kier molecular flexibility index (Phi) is 3.25. The Bertz CT molecular complexity index is 201. The van der Waals surface area contributed by atoms with Gasteiger partial charge in [-0.25, -0.2) is 9.97 Å².